The maximum atomic E-state index is 12.1. The molecule has 0 aliphatic rings. The molecule has 1 aromatic carbocycles. The lowest BCUT2D eigenvalue weighted by atomic mass is 10.0. The normalized spacial score (nSPS) is 10.8. The minimum Gasteiger partial charge on any atom is -0.355 e. The molecule has 3 rings (SSSR count). The van der Waals surface area contributed by atoms with Crippen molar-refractivity contribution in [2.45, 2.75) is 6.92 Å². The number of amides is 1. The van der Waals surface area contributed by atoms with Gasteiger partial charge in [-0.15, -0.1) is 0 Å². The first-order valence-electron chi connectivity index (χ1n) is 6.72. The van der Waals surface area contributed by atoms with Gasteiger partial charge in [-0.1, -0.05) is 18.2 Å². The Morgan fingerprint density at radius 3 is 2.71 bits per heavy atom. The molecule has 0 saturated carbocycles. The number of nitrogens with zero attached hydrogens (tertiary/aromatic N) is 3. The van der Waals surface area contributed by atoms with Gasteiger partial charge in [0.1, 0.15) is 0 Å². The van der Waals surface area contributed by atoms with E-state index in [0.29, 0.717) is 5.56 Å². The third kappa shape index (κ3) is 2.27. The number of para-hydroxylation sites is 1. The minimum absolute atomic E-state index is 0.114. The Labute approximate surface area is 122 Å². The predicted molar refractivity (Wildman–Crippen MR) is 82.1 cm³/mol. The Morgan fingerprint density at radius 2 is 2.05 bits per heavy atom. The maximum Gasteiger partial charge on any atom is 0.251 e. The molecule has 1 amide bonds. The van der Waals surface area contributed by atoms with Crippen molar-refractivity contribution in [3.8, 4) is 11.3 Å². The number of benzene rings is 1. The van der Waals surface area contributed by atoms with Gasteiger partial charge >= 0.3 is 0 Å². The van der Waals surface area contributed by atoms with Crippen LogP contribution in [0.2, 0.25) is 0 Å². The predicted octanol–water partition coefficient (Wildman–Crippen LogP) is 2.30. The lowest BCUT2D eigenvalue weighted by Crippen LogP contribution is -2.18. The Morgan fingerprint density at radius 1 is 1.29 bits per heavy atom. The van der Waals surface area contributed by atoms with Gasteiger partial charge in [0.15, 0.2) is 0 Å². The third-order valence-electron chi connectivity index (χ3n) is 3.48. The average Bonchev–Trinajstić information content (AvgIpc) is 2.84. The number of carbonyl (C=O) groups is 1. The molecule has 0 atom stereocenters. The number of rotatable bonds is 2. The van der Waals surface area contributed by atoms with Crippen molar-refractivity contribution in [1.82, 2.24) is 20.1 Å². The molecule has 0 unspecified atom stereocenters. The topological polar surface area (TPSA) is 59.8 Å². The second-order valence-electron chi connectivity index (χ2n) is 4.95. The fourth-order valence-electron chi connectivity index (χ4n) is 2.49. The first-order valence-corrected chi connectivity index (χ1v) is 6.72. The van der Waals surface area contributed by atoms with Crippen LogP contribution >= 0.6 is 0 Å². The molecule has 1 N–H and O–H groups in total. The average molecular weight is 280 g/mol. The Kier molecular flexibility index (Phi) is 3.17. The van der Waals surface area contributed by atoms with Crippen molar-refractivity contribution in [1.29, 1.82) is 0 Å². The number of pyridine rings is 1. The zero-order valence-corrected chi connectivity index (χ0v) is 12.2. The van der Waals surface area contributed by atoms with Crippen LogP contribution < -0.4 is 5.32 Å². The van der Waals surface area contributed by atoms with Crippen molar-refractivity contribution < 1.29 is 4.79 Å². The van der Waals surface area contributed by atoms with Crippen LogP contribution in [0.3, 0.4) is 0 Å². The van der Waals surface area contributed by atoms with E-state index in [1.807, 2.05) is 50.5 Å². The zero-order chi connectivity index (χ0) is 15.0. The summed E-state index contributed by atoms with van der Waals surface area (Å²) >= 11 is 0. The molecule has 0 bridgehead atoms. The van der Waals surface area contributed by atoms with E-state index in [0.717, 1.165) is 27.9 Å². The van der Waals surface area contributed by atoms with Crippen LogP contribution in [0.1, 0.15) is 16.1 Å². The molecule has 2 heterocycles. The highest BCUT2D eigenvalue weighted by atomic mass is 16.1. The summed E-state index contributed by atoms with van der Waals surface area (Å²) in [5, 5.41) is 7.87. The summed E-state index contributed by atoms with van der Waals surface area (Å²) in [6.07, 6.45) is 1.92. The first-order chi connectivity index (χ1) is 10.1. The first kappa shape index (κ1) is 13.3. The summed E-state index contributed by atoms with van der Waals surface area (Å²) in [7, 11) is 3.50. The summed E-state index contributed by atoms with van der Waals surface area (Å²) in [4.78, 5) is 16.8. The molecular weight excluding hydrogens is 264 g/mol. The Bertz CT molecular complexity index is 835. The van der Waals surface area contributed by atoms with Crippen molar-refractivity contribution in [2.24, 2.45) is 7.05 Å². The number of hydrogen-bond acceptors (Lipinski definition) is 3. The summed E-state index contributed by atoms with van der Waals surface area (Å²) < 4.78 is 1.75. The fourth-order valence-corrected chi connectivity index (χ4v) is 2.49. The van der Waals surface area contributed by atoms with E-state index in [1.54, 1.807) is 11.7 Å². The van der Waals surface area contributed by atoms with E-state index < -0.39 is 0 Å². The van der Waals surface area contributed by atoms with Crippen LogP contribution in [-0.4, -0.2) is 27.7 Å². The quantitative estimate of drug-likeness (QED) is 0.783. The molecule has 5 heteroatoms. The molecule has 0 saturated heterocycles. The van der Waals surface area contributed by atoms with Crippen LogP contribution in [-0.2, 0) is 7.05 Å². The van der Waals surface area contributed by atoms with Crippen molar-refractivity contribution in [3.63, 3.8) is 0 Å². The lowest BCUT2D eigenvalue weighted by molar-refractivity contribution is 0.0964. The standard InChI is InChI=1S/C16H16N4O/c1-10-13(9-20(3)19-10)15-8-12(16(21)17-2)11-6-4-5-7-14(11)18-15/h4-9H,1-3H3,(H,17,21). The molecule has 3 aromatic rings. The summed E-state index contributed by atoms with van der Waals surface area (Å²) in [5.74, 6) is -0.114. The Hall–Kier alpha value is -2.69. The molecule has 0 radical (unpaired) electrons. The molecule has 106 valence electrons. The number of aryl methyl sites for hydroxylation is 2. The van der Waals surface area contributed by atoms with Crippen molar-refractivity contribution >= 4 is 16.8 Å². The molecule has 5 nitrogen and oxygen atoms in total. The van der Waals surface area contributed by atoms with Crippen LogP contribution in [0.5, 0.6) is 0 Å². The molecule has 21 heavy (non-hydrogen) atoms. The van der Waals surface area contributed by atoms with Gasteiger partial charge in [-0.05, 0) is 19.1 Å². The summed E-state index contributed by atoms with van der Waals surface area (Å²) in [5.41, 5.74) is 4.02. The van der Waals surface area contributed by atoms with Gasteiger partial charge in [0, 0.05) is 31.2 Å². The molecule has 0 spiro atoms. The van der Waals surface area contributed by atoms with Crippen LogP contribution in [0.15, 0.2) is 36.5 Å². The van der Waals surface area contributed by atoms with Crippen LogP contribution in [0.25, 0.3) is 22.2 Å². The van der Waals surface area contributed by atoms with E-state index >= 15 is 0 Å². The number of carbonyl (C=O) groups excluding carboxylic acids is 1. The molecule has 0 fully saturated rings. The number of fused-ring (bicyclic) bond motifs is 1. The van der Waals surface area contributed by atoms with Crippen LogP contribution in [0.4, 0.5) is 0 Å². The second-order valence-corrected chi connectivity index (χ2v) is 4.95. The van der Waals surface area contributed by atoms with Gasteiger partial charge in [0.05, 0.1) is 22.5 Å². The van der Waals surface area contributed by atoms with E-state index in [1.165, 1.54) is 0 Å². The monoisotopic (exact) mass is 280 g/mol. The highest BCUT2D eigenvalue weighted by molar-refractivity contribution is 6.07. The molecular formula is C16H16N4O. The largest absolute Gasteiger partial charge is 0.355 e. The van der Waals surface area contributed by atoms with E-state index in [-0.39, 0.29) is 5.91 Å². The highest BCUT2D eigenvalue weighted by Crippen LogP contribution is 2.26. The SMILES string of the molecule is CNC(=O)c1cc(-c2cn(C)nc2C)nc2ccccc12. The van der Waals surface area contributed by atoms with E-state index in [9.17, 15) is 4.79 Å². The Balaban J connectivity index is 2.30. The summed E-state index contributed by atoms with van der Waals surface area (Å²) in [6.45, 7) is 1.94. The third-order valence-corrected chi connectivity index (χ3v) is 3.48. The van der Waals surface area contributed by atoms with Crippen molar-refractivity contribution in [2.75, 3.05) is 7.05 Å². The molecule has 0 aliphatic carbocycles. The highest BCUT2D eigenvalue weighted by Gasteiger charge is 2.15. The molecule has 0 aliphatic heterocycles. The molecule has 2 aromatic heterocycles. The van der Waals surface area contributed by atoms with Gasteiger partial charge in [-0.25, -0.2) is 4.98 Å². The van der Waals surface area contributed by atoms with Gasteiger partial charge < -0.3 is 5.32 Å². The number of aromatic nitrogens is 3. The summed E-state index contributed by atoms with van der Waals surface area (Å²) in [6, 6.07) is 9.48. The van der Waals surface area contributed by atoms with E-state index in [4.69, 9.17) is 0 Å². The van der Waals surface area contributed by atoms with Gasteiger partial charge in [0.25, 0.3) is 5.91 Å². The number of hydrogen-bond donors (Lipinski definition) is 1. The van der Waals surface area contributed by atoms with Gasteiger partial charge in [-0.3, -0.25) is 9.48 Å². The lowest BCUT2D eigenvalue weighted by Gasteiger charge is -2.08. The minimum atomic E-state index is -0.114. The maximum absolute atomic E-state index is 12.1. The van der Waals surface area contributed by atoms with Crippen molar-refractivity contribution in [3.05, 3.63) is 47.8 Å². The number of nitrogens with one attached hydrogen (secondary N) is 1. The van der Waals surface area contributed by atoms with Gasteiger partial charge in [0.2, 0.25) is 0 Å². The van der Waals surface area contributed by atoms with Crippen LogP contribution in [0, 0.1) is 6.92 Å². The van der Waals surface area contributed by atoms with Gasteiger partial charge in [-0.2, -0.15) is 5.10 Å². The smallest absolute Gasteiger partial charge is 0.251 e. The second kappa shape index (κ2) is 5.01. The van der Waals surface area contributed by atoms with E-state index in [2.05, 4.69) is 15.4 Å². The fraction of sp³-hybridized carbons (Fsp3) is 0.188. The zero-order valence-electron chi connectivity index (χ0n) is 12.2.